The summed E-state index contributed by atoms with van der Waals surface area (Å²) in [5.74, 6) is -0.284. The minimum absolute atomic E-state index is 0.139. The van der Waals surface area contributed by atoms with Crippen molar-refractivity contribution in [3.8, 4) is 0 Å². The minimum Gasteiger partial charge on any atom is -0.326 e. The van der Waals surface area contributed by atoms with Gasteiger partial charge in [-0.25, -0.2) is 0 Å². The van der Waals surface area contributed by atoms with Crippen LogP contribution in [0.5, 0.6) is 0 Å². The zero-order valence-electron chi connectivity index (χ0n) is 10.2. The van der Waals surface area contributed by atoms with Crippen molar-refractivity contribution in [3.63, 3.8) is 0 Å². The normalized spacial score (nSPS) is 10.1. The lowest BCUT2D eigenvalue weighted by Crippen LogP contribution is -2.09. The zero-order chi connectivity index (χ0) is 13.1. The average molecular weight is 243 g/mol. The van der Waals surface area contributed by atoms with E-state index in [-0.39, 0.29) is 11.8 Å². The van der Waals surface area contributed by atoms with Crippen molar-refractivity contribution in [2.24, 2.45) is 0 Å². The van der Waals surface area contributed by atoms with Gasteiger partial charge in [-0.1, -0.05) is 0 Å². The first-order valence-corrected chi connectivity index (χ1v) is 5.50. The molecule has 1 heterocycles. The maximum atomic E-state index is 11.1. The molecular weight excluding hydrogens is 230 g/mol. The predicted molar refractivity (Wildman–Crippen MR) is 70.4 cm³/mol. The molecule has 0 fully saturated rings. The molecule has 1 aromatic heterocycles. The standard InChI is InChI=1S/C13H13N3O2/c1-8(17)15-12-3-4-13(16-9(2)18)11-7-14-6-5-10(11)12/h3-7H,1-2H3,(H,15,17)(H,16,18). The number of benzene rings is 1. The molecule has 0 saturated carbocycles. The number of carbonyl (C=O) groups excluding carboxylic acids is 2. The summed E-state index contributed by atoms with van der Waals surface area (Å²) in [7, 11) is 0. The Bertz CT molecular complexity index is 568. The van der Waals surface area contributed by atoms with Crippen LogP contribution in [-0.2, 0) is 9.59 Å². The van der Waals surface area contributed by atoms with Gasteiger partial charge in [0, 0.05) is 42.7 Å². The second-order valence-electron chi connectivity index (χ2n) is 3.94. The highest BCUT2D eigenvalue weighted by Crippen LogP contribution is 2.29. The number of pyridine rings is 1. The highest BCUT2D eigenvalue weighted by molar-refractivity contribution is 6.08. The monoisotopic (exact) mass is 243 g/mol. The number of amides is 2. The van der Waals surface area contributed by atoms with E-state index < -0.39 is 0 Å². The molecule has 0 spiro atoms. The molecular formula is C13H13N3O2. The second-order valence-corrected chi connectivity index (χ2v) is 3.94. The topological polar surface area (TPSA) is 71.1 Å². The first-order valence-electron chi connectivity index (χ1n) is 5.50. The Morgan fingerprint density at radius 3 is 2.06 bits per heavy atom. The average Bonchev–Trinajstić information content (AvgIpc) is 2.31. The molecule has 2 amide bonds. The van der Waals surface area contributed by atoms with E-state index in [0.717, 1.165) is 10.8 Å². The molecule has 0 atom stereocenters. The molecule has 0 unspecified atom stereocenters. The van der Waals surface area contributed by atoms with Crippen molar-refractivity contribution >= 4 is 34.0 Å². The van der Waals surface area contributed by atoms with E-state index in [4.69, 9.17) is 0 Å². The van der Waals surface area contributed by atoms with Gasteiger partial charge in [0.2, 0.25) is 11.8 Å². The fourth-order valence-corrected chi connectivity index (χ4v) is 1.79. The number of rotatable bonds is 2. The fraction of sp³-hybridized carbons (Fsp3) is 0.154. The van der Waals surface area contributed by atoms with Gasteiger partial charge in [0.25, 0.3) is 0 Å². The van der Waals surface area contributed by atoms with Gasteiger partial charge in [0.1, 0.15) is 0 Å². The number of nitrogens with one attached hydrogen (secondary N) is 2. The van der Waals surface area contributed by atoms with Gasteiger partial charge >= 0.3 is 0 Å². The molecule has 0 aliphatic rings. The molecule has 0 bridgehead atoms. The maximum absolute atomic E-state index is 11.1. The van der Waals surface area contributed by atoms with E-state index >= 15 is 0 Å². The van der Waals surface area contributed by atoms with Crippen LogP contribution in [0, 0.1) is 0 Å². The van der Waals surface area contributed by atoms with Crippen molar-refractivity contribution < 1.29 is 9.59 Å². The van der Waals surface area contributed by atoms with E-state index in [1.165, 1.54) is 13.8 Å². The molecule has 92 valence electrons. The van der Waals surface area contributed by atoms with E-state index in [9.17, 15) is 9.59 Å². The van der Waals surface area contributed by atoms with Gasteiger partial charge in [0.15, 0.2) is 0 Å². The van der Waals surface area contributed by atoms with Crippen molar-refractivity contribution in [1.82, 2.24) is 4.98 Å². The summed E-state index contributed by atoms with van der Waals surface area (Å²) >= 11 is 0. The van der Waals surface area contributed by atoms with Gasteiger partial charge < -0.3 is 10.6 Å². The molecule has 5 heteroatoms. The van der Waals surface area contributed by atoms with Gasteiger partial charge in [-0.3, -0.25) is 14.6 Å². The van der Waals surface area contributed by atoms with Crippen molar-refractivity contribution in [1.29, 1.82) is 0 Å². The third kappa shape index (κ3) is 2.45. The van der Waals surface area contributed by atoms with Gasteiger partial charge in [-0.05, 0) is 18.2 Å². The summed E-state index contributed by atoms with van der Waals surface area (Å²) in [5.41, 5.74) is 1.38. The highest BCUT2D eigenvalue weighted by atomic mass is 16.2. The number of carbonyl (C=O) groups is 2. The Kier molecular flexibility index (Phi) is 3.23. The maximum Gasteiger partial charge on any atom is 0.221 e. The van der Waals surface area contributed by atoms with Crippen molar-refractivity contribution in [2.45, 2.75) is 13.8 Å². The molecule has 18 heavy (non-hydrogen) atoms. The molecule has 1 aromatic carbocycles. The molecule has 5 nitrogen and oxygen atoms in total. The van der Waals surface area contributed by atoms with E-state index in [1.807, 2.05) is 0 Å². The van der Waals surface area contributed by atoms with Crippen LogP contribution in [0.2, 0.25) is 0 Å². The Balaban J connectivity index is 2.58. The highest BCUT2D eigenvalue weighted by Gasteiger charge is 2.07. The van der Waals surface area contributed by atoms with E-state index in [0.29, 0.717) is 11.4 Å². The molecule has 0 aliphatic heterocycles. The lowest BCUT2D eigenvalue weighted by atomic mass is 10.1. The number of anilines is 2. The summed E-state index contributed by atoms with van der Waals surface area (Å²) in [5, 5.41) is 7.12. The summed E-state index contributed by atoms with van der Waals surface area (Å²) in [6.45, 7) is 2.90. The molecule has 0 saturated heterocycles. The summed E-state index contributed by atoms with van der Waals surface area (Å²) < 4.78 is 0. The molecule has 2 N–H and O–H groups in total. The van der Waals surface area contributed by atoms with Gasteiger partial charge in [0.05, 0.1) is 5.69 Å². The van der Waals surface area contributed by atoms with Crippen LogP contribution in [0.4, 0.5) is 11.4 Å². The first-order chi connectivity index (χ1) is 8.58. The van der Waals surface area contributed by atoms with E-state index in [2.05, 4.69) is 15.6 Å². The quantitative estimate of drug-likeness (QED) is 0.849. The number of fused-ring (bicyclic) bond motifs is 1. The Morgan fingerprint density at radius 2 is 1.50 bits per heavy atom. The fourth-order valence-electron chi connectivity index (χ4n) is 1.79. The number of hydrogen-bond donors (Lipinski definition) is 2. The Morgan fingerprint density at radius 1 is 0.944 bits per heavy atom. The summed E-state index contributed by atoms with van der Waals surface area (Å²) in [4.78, 5) is 26.3. The van der Waals surface area contributed by atoms with E-state index in [1.54, 1.807) is 30.6 Å². The number of aromatic nitrogens is 1. The lowest BCUT2D eigenvalue weighted by Gasteiger charge is -2.11. The van der Waals surface area contributed by atoms with Gasteiger partial charge in [-0.15, -0.1) is 0 Å². The number of hydrogen-bond acceptors (Lipinski definition) is 3. The second kappa shape index (κ2) is 4.83. The Hall–Kier alpha value is -2.43. The third-order valence-corrected chi connectivity index (χ3v) is 2.44. The van der Waals surface area contributed by atoms with Crippen LogP contribution < -0.4 is 10.6 Å². The smallest absolute Gasteiger partial charge is 0.221 e. The van der Waals surface area contributed by atoms with Crippen molar-refractivity contribution in [3.05, 3.63) is 30.6 Å². The molecule has 0 aliphatic carbocycles. The predicted octanol–water partition coefficient (Wildman–Crippen LogP) is 2.15. The molecule has 2 rings (SSSR count). The largest absolute Gasteiger partial charge is 0.326 e. The summed E-state index contributed by atoms with van der Waals surface area (Å²) in [6.07, 6.45) is 3.30. The molecule has 0 radical (unpaired) electrons. The van der Waals surface area contributed by atoms with Crippen LogP contribution in [0.1, 0.15) is 13.8 Å². The third-order valence-electron chi connectivity index (χ3n) is 2.44. The van der Waals surface area contributed by atoms with Crippen LogP contribution in [0.3, 0.4) is 0 Å². The molecule has 2 aromatic rings. The summed E-state index contributed by atoms with van der Waals surface area (Å²) in [6, 6.07) is 5.30. The van der Waals surface area contributed by atoms with Crippen LogP contribution >= 0.6 is 0 Å². The minimum atomic E-state index is -0.146. The lowest BCUT2D eigenvalue weighted by molar-refractivity contribution is -0.115. The number of nitrogens with zero attached hydrogens (tertiary/aromatic N) is 1. The Labute approximate surface area is 104 Å². The van der Waals surface area contributed by atoms with Crippen molar-refractivity contribution in [2.75, 3.05) is 10.6 Å². The van der Waals surface area contributed by atoms with Crippen LogP contribution in [0.15, 0.2) is 30.6 Å². The van der Waals surface area contributed by atoms with Crippen LogP contribution in [0.25, 0.3) is 10.8 Å². The van der Waals surface area contributed by atoms with Gasteiger partial charge in [-0.2, -0.15) is 0 Å². The zero-order valence-corrected chi connectivity index (χ0v) is 10.2. The SMILES string of the molecule is CC(=O)Nc1ccc(NC(C)=O)c2cnccc12. The van der Waals surface area contributed by atoms with Crippen LogP contribution in [-0.4, -0.2) is 16.8 Å². The first kappa shape index (κ1) is 12.0.